The molecule has 216 valence electrons. The molecule has 2 aromatic heterocycles. The van der Waals surface area contributed by atoms with Gasteiger partial charge in [-0.25, -0.2) is 32.2 Å². The molecule has 2 aliphatic rings. The first-order valence-corrected chi connectivity index (χ1v) is 15.1. The van der Waals surface area contributed by atoms with Crippen LogP contribution in [0.3, 0.4) is 0 Å². The summed E-state index contributed by atoms with van der Waals surface area (Å²) in [4.78, 5) is 20.4. The fraction of sp³-hybridized carbons (Fsp3) is 0.538. The molecule has 0 aliphatic carbocycles. The number of aliphatic hydroxyl groups is 1. The molecule has 2 saturated heterocycles. The third-order valence-corrected chi connectivity index (χ3v) is 8.36. The molecule has 2 atom stereocenters. The summed E-state index contributed by atoms with van der Waals surface area (Å²) in [6.45, 7) is 4.69. The molecule has 0 amide bonds. The molecular weight excluding hydrogens is 544 g/mol. The number of β-amino-alcohol motifs (C(OH)–C–C–N with tert-alkyl or cyclic N) is 1. The van der Waals surface area contributed by atoms with Crippen LogP contribution in [0, 0.1) is 5.92 Å². The standard InChI is InChI=1S/C26H33F2N7O4S/c1-15(2)17-5-6-20(34-9-16(10-34)12-40(4,37)38)19-8-29-22(7-18(17)19)32-24-30-14-31-25(33-24)35-11-21(36)23(39-3)26(27,28)13-35/h5-8,14-16,21,23,36H,9-13H2,1-4H3,(H,29,30,31,32,33)/t21-,23-/m1/s1. The number of pyridine rings is 1. The minimum absolute atomic E-state index is 0.00171. The number of alkyl halides is 2. The monoisotopic (exact) mass is 577 g/mol. The largest absolute Gasteiger partial charge is 0.388 e. The molecule has 5 rings (SSSR count). The van der Waals surface area contributed by atoms with Crippen LogP contribution in [-0.4, -0.2) is 96.9 Å². The van der Waals surface area contributed by atoms with E-state index >= 15 is 0 Å². The van der Waals surface area contributed by atoms with Crippen molar-refractivity contribution in [3.63, 3.8) is 0 Å². The van der Waals surface area contributed by atoms with Crippen LogP contribution in [0.2, 0.25) is 0 Å². The van der Waals surface area contributed by atoms with Gasteiger partial charge >= 0.3 is 0 Å². The van der Waals surface area contributed by atoms with Gasteiger partial charge in [0.2, 0.25) is 11.9 Å². The first-order chi connectivity index (χ1) is 18.8. The molecule has 2 fully saturated rings. The number of hydrogen-bond donors (Lipinski definition) is 2. The molecule has 2 N–H and O–H groups in total. The highest BCUT2D eigenvalue weighted by Gasteiger charge is 2.50. The summed E-state index contributed by atoms with van der Waals surface area (Å²) in [5.74, 6) is -2.21. The summed E-state index contributed by atoms with van der Waals surface area (Å²) < 4.78 is 57.2. The van der Waals surface area contributed by atoms with Gasteiger partial charge in [-0.05, 0) is 29.0 Å². The Hall–Kier alpha value is -3.23. The van der Waals surface area contributed by atoms with Crippen LogP contribution in [-0.2, 0) is 14.6 Å². The summed E-state index contributed by atoms with van der Waals surface area (Å²) in [7, 11) is -1.89. The van der Waals surface area contributed by atoms with Crippen molar-refractivity contribution >= 4 is 44.0 Å². The van der Waals surface area contributed by atoms with Crippen molar-refractivity contribution < 1.29 is 27.0 Å². The molecule has 0 spiro atoms. The molecule has 0 saturated carbocycles. The number of hydrogen-bond acceptors (Lipinski definition) is 11. The first-order valence-electron chi connectivity index (χ1n) is 13.0. The Morgan fingerprint density at radius 3 is 2.55 bits per heavy atom. The molecule has 3 aromatic rings. The number of halogens is 2. The molecule has 2 aliphatic heterocycles. The minimum Gasteiger partial charge on any atom is -0.388 e. The Labute approximate surface area is 231 Å². The van der Waals surface area contributed by atoms with E-state index in [-0.39, 0.29) is 36.0 Å². The van der Waals surface area contributed by atoms with Gasteiger partial charge in [0.15, 0.2) is 0 Å². The second kappa shape index (κ2) is 10.6. The van der Waals surface area contributed by atoms with Gasteiger partial charge in [0.1, 0.15) is 34.2 Å². The molecule has 14 heteroatoms. The molecule has 1 aromatic carbocycles. The molecule has 0 bridgehead atoms. The zero-order valence-electron chi connectivity index (χ0n) is 22.8. The van der Waals surface area contributed by atoms with Gasteiger partial charge in [-0.15, -0.1) is 0 Å². The minimum atomic E-state index is -3.29. The van der Waals surface area contributed by atoms with Crippen LogP contribution in [0.15, 0.2) is 30.7 Å². The molecule has 0 unspecified atom stereocenters. The number of aromatic nitrogens is 4. The number of piperidine rings is 1. The summed E-state index contributed by atoms with van der Waals surface area (Å²) in [5, 5.41) is 15.2. The van der Waals surface area contributed by atoms with E-state index in [9.17, 15) is 22.3 Å². The second-order valence-corrected chi connectivity index (χ2v) is 13.1. The van der Waals surface area contributed by atoms with Gasteiger partial charge in [-0.3, -0.25) is 0 Å². The van der Waals surface area contributed by atoms with Gasteiger partial charge in [0.05, 0.1) is 12.3 Å². The second-order valence-electron chi connectivity index (χ2n) is 10.9. The number of aliphatic hydroxyl groups excluding tert-OH is 1. The number of ether oxygens (including phenoxy) is 1. The fourth-order valence-electron chi connectivity index (χ4n) is 5.50. The number of nitrogens with zero attached hydrogens (tertiary/aromatic N) is 6. The van der Waals surface area contributed by atoms with Crippen molar-refractivity contribution in [3.05, 3.63) is 36.3 Å². The maximum atomic E-state index is 14.5. The molecule has 4 heterocycles. The van der Waals surface area contributed by atoms with Crippen LogP contribution >= 0.6 is 0 Å². The third kappa shape index (κ3) is 5.79. The highest BCUT2D eigenvalue weighted by Crippen LogP contribution is 2.37. The Morgan fingerprint density at radius 1 is 1.15 bits per heavy atom. The van der Waals surface area contributed by atoms with Crippen molar-refractivity contribution in [2.75, 3.05) is 60.4 Å². The van der Waals surface area contributed by atoms with E-state index in [2.05, 4.69) is 56.1 Å². The van der Waals surface area contributed by atoms with E-state index in [1.165, 1.54) is 17.5 Å². The number of fused-ring (bicyclic) bond motifs is 1. The number of nitrogens with one attached hydrogen (secondary N) is 1. The van der Waals surface area contributed by atoms with Crippen molar-refractivity contribution in [2.24, 2.45) is 5.92 Å². The first kappa shape index (κ1) is 28.3. The summed E-state index contributed by atoms with van der Waals surface area (Å²) in [6, 6.07) is 6.03. The normalized spacial score (nSPS) is 21.6. The number of anilines is 4. The summed E-state index contributed by atoms with van der Waals surface area (Å²) in [6.07, 6.45) is 1.22. The van der Waals surface area contributed by atoms with Crippen molar-refractivity contribution in [1.29, 1.82) is 0 Å². The number of methoxy groups -OCH3 is 1. The Balaban J connectivity index is 1.39. The quantitative estimate of drug-likeness (QED) is 0.409. The van der Waals surface area contributed by atoms with E-state index in [1.54, 1.807) is 6.20 Å². The summed E-state index contributed by atoms with van der Waals surface area (Å²) >= 11 is 0. The third-order valence-electron chi connectivity index (χ3n) is 7.28. The smallest absolute Gasteiger partial charge is 0.293 e. The zero-order chi connectivity index (χ0) is 28.8. The van der Waals surface area contributed by atoms with Gasteiger partial charge < -0.3 is 25.0 Å². The van der Waals surface area contributed by atoms with Crippen LogP contribution in [0.25, 0.3) is 10.8 Å². The number of benzene rings is 1. The van der Waals surface area contributed by atoms with Crippen LogP contribution in [0.5, 0.6) is 0 Å². The van der Waals surface area contributed by atoms with E-state index in [0.717, 1.165) is 29.1 Å². The van der Waals surface area contributed by atoms with Crippen LogP contribution < -0.4 is 15.1 Å². The van der Waals surface area contributed by atoms with Gasteiger partial charge in [-0.2, -0.15) is 4.98 Å². The Morgan fingerprint density at radius 2 is 1.90 bits per heavy atom. The molecule has 11 nitrogen and oxygen atoms in total. The lowest BCUT2D eigenvalue weighted by molar-refractivity contribution is -0.171. The molecule has 40 heavy (non-hydrogen) atoms. The average molecular weight is 578 g/mol. The number of sulfone groups is 1. The Bertz CT molecular complexity index is 1500. The van der Waals surface area contributed by atoms with Crippen LogP contribution in [0.1, 0.15) is 25.3 Å². The van der Waals surface area contributed by atoms with Gasteiger partial charge in [-0.1, -0.05) is 19.9 Å². The van der Waals surface area contributed by atoms with Crippen molar-refractivity contribution in [1.82, 2.24) is 19.9 Å². The fourth-order valence-corrected chi connectivity index (χ4v) is 6.57. The van der Waals surface area contributed by atoms with Gasteiger partial charge in [0.25, 0.3) is 5.92 Å². The van der Waals surface area contributed by atoms with E-state index in [0.29, 0.717) is 18.9 Å². The van der Waals surface area contributed by atoms with E-state index < -0.39 is 34.5 Å². The van der Waals surface area contributed by atoms with E-state index in [4.69, 9.17) is 4.74 Å². The topological polar surface area (TPSA) is 134 Å². The summed E-state index contributed by atoms with van der Waals surface area (Å²) in [5.41, 5.74) is 2.11. The van der Waals surface area contributed by atoms with Crippen molar-refractivity contribution in [2.45, 2.75) is 37.9 Å². The highest BCUT2D eigenvalue weighted by molar-refractivity contribution is 7.90. The maximum absolute atomic E-state index is 14.5. The zero-order valence-corrected chi connectivity index (χ0v) is 23.6. The molecular formula is C26H33F2N7O4S. The number of rotatable bonds is 8. The lowest BCUT2D eigenvalue weighted by Crippen LogP contribution is -2.60. The van der Waals surface area contributed by atoms with Crippen LogP contribution in [0.4, 0.5) is 32.2 Å². The van der Waals surface area contributed by atoms with Crippen molar-refractivity contribution in [3.8, 4) is 0 Å². The maximum Gasteiger partial charge on any atom is 0.293 e. The predicted molar refractivity (Wildman–Crippen MR) is 148 cm³/mol. The lowest BCUT2D eigenvalue weighted by atomic mass is 9.93. The predicted octanol–water partition coefficient (Wildman–Crippen LogP) is 2.60. The molecule has 0 radical (unpaired) electrons. The Kier molecular flexibility index (Phi) is 7.52. The average Bonchev–Trinajstić information content (AvgIpc) is 2.84. The highest BCUT2D eigenvalue weighted by atomic mass is 32.2. The lowest BCUT2D eigenvalue weighted by Gasteiger charge is -2.41. The SMILES string of the molecule is CO[C@@H]1[C@H](O)CN(c2ncnc(Nc3cc4c(C(C)C)ccc(N5CC(CS(C)(=O)=O)C5)c4cn3)n2)CC1(F)F. The van der Waals surface area contributed by atoms with Gasteiger partial charge in [0, 0.05) is 56.2 Å². The van der Waals surface area contributed by atoms with E-state index in [1.807, 2.05) is 6.07 Å².